The van der Waals surface area contributed by atoms with Gasteiger partial charge in [0.1, 0.15) is 18.4 Å². The van der Waals surface area contributed by atoms with E-state index >= 15 is 0 Å². The third-order valence-corrected chi connectivity index (χ3v) is 8.48. The van der Waals surface area contributed by atoms with Crippen LogP contribution in [0.4, 0.5) is 0 Å². The van der Waals surface area contributed by atoms with Crippen LogP contribution in [0.3, 0.4) is 0 Å². The minimum Gasteiger partial charge on any atom is -0.493 e. The normalized spacial score (nSPS) is 14.7. The molecule has 44 heavy (non-hydrogen) atoms. The second-order valence-electron chi connectivity index (χ2n) is 10.3. The molecule has 0 amide bonds. The van der Waals surface area contributed by atoms with Gasteiger partial charge in [-0.1, -0.05) is 59.9 Å². The number of esters is 1. The Kier molecular flexibility index (Phi) is 9.90. The van der Waals surface area contributed by atoms with Crippen molar-refractivity contribution in [2.24, 2.45) is 4.99 Å². The Morgan fingerprint density at radius 3 is 2.52 bits per heavy atom. The SMILES string of the molecule is CCOC(=O)C1=C(C)N=c2s/c(=C\c3cc(I)cc(OC)c3OCc3ccccc3)c(=O)n2[C@@H]1c1ccccc1OC(C)C. The number of thiazole rings is 1. The molecule has 4 aromatic rings. The maximum absolute atomic E-state index is 14.3. The van der Waals surface area contributed by atoms with E-state index in [4.69, 9.17) is 23.9 Å². The topological polar surface area (TPSA) is 88.4 Å². The first kappa shape index (κ1) is 31.5. The van der Waals surface area contributed by atoms with E-state index in [1.54, 1.807) is 31.6 Å². The van der Waals surface area contributed by atoms with Crippen LogP contribution in [0.15, 0.2) is 87.8 Å². The fourth-order valence-electron chi connectivity index (χ4n) is 5.03. The van der Waals surface area contributed by atoms with E-state index in [1.165, 1.54) is 11.3 Å². The average Bonchev–Trinajstić information content (AvgIpc) is 3.30. The predicted molar refractivity (Wildman–Crippen MR) is 179 cm³/mol. The number of allylic oxidation sites excluding steroid dienone is 1. The van der Waals surface area contributed by atoms with E-state index in [2.05, 4.69) is 22.6 Å². The molecule has 10 heteroatoms. The number of carbonyl (C=O) groups excluding carboxylic acids is 1. The van der Waals surface area contributed by atoms with Crippen molar-refractivity contribution in [2.45, 2.75) is 46.4 Å². The molecule has 0 bridgehead atoms. The lowest BCUT2D eigenvalue weighted by molar-refractivity contribution is -0.139. The molecule has 0 saturated carbocycles. The maximum Gasteiger partial charge on any atom is 0.338 e. The minimum absolute atomic E-state index is 0.118. The van der Waals surface area contributed by atoms with Gasteiger partial charge < -0.3 is 18.9 Å². The van der Waals surface area contributed by atoms with Gasteiger partial charge in [-0.3, -0.25) is 9.36 Å². The number of para-hydroxylation sites is 1. The summed E-state index contributed by atoms with van der Waals surface area (Å²) >= 11 is 3.47. The lowest BCUT2D eigenvalue weighted by Crippen LogP contribution is -2.40. The third kappa shape index (κ3) is 6.61. The van der Waals surface area contributed by atoms with E-state index < -0.39 is 12.0 Å². The number of hydrogen-bond donors (Lipinski definition) is 0. The standard InChI is InChI=1S/C34H33IN2O6S/c1-6-41-33(39)29-21(4)36-34-37(30(29)25-14-10-11-15-26(25)43-20(2)3)32(38)28(44-34)17-23-16-24(35)18-27(40-5)31(23)42-19-22-12-8-7-9-13-22/h7-18,20,30H,6,19H2,1-5H3/b28-17-/t30-/m1/s1. The smallest absolute Gasteiger partial charge is 0.338 e. The second kappa shape index (κ2) is 13.8. The number of benzene rings is 3. The number of aromatic nitrogens is 1. The molecule has 0 unspecified atom stereocenters. The molecule has 1 aliphatic heterocycles. The average molecular weight is 725 g/mol. The molecule has 0 fully saturated rings. The second-order valence-corrected chi connectivity index (χ2v) is 12.6. The number of fused-ring (bicyclic) bond motifs is 1. The zero-order valence-corrected chi connectivity index (χ0v) is 28.1. The summed E-state index contributed by atoms with van der Waals surface area (Å²) in [6.07, 6.45) is 1.68. The van der Waals surface area contributed by atoms with Crippen molar-refractivity contribution in [1.29, 1.82) is 0 Å². The first-order valence-electron chi connectivity index (χ1n) is 14.2. The molecule has 1 aromatic heterocycles. The summed E-state index contributed by atoms with van der Waals surface area (Å²) in [5.41, 5.74) is 2.86. The van der Waals surface area contributed by atoms with Gasteiger partial charge in [0.2, 0.25) is 0 Å². The van der Waals surface area contributed by atoms with Crippen molar-refractivity contribution in [3.8, 4) is 17.2 Å². The van der Waals surface area contributed by atoms with Crippen molar-refractivity contribution in [3.63, 3.8) is 0 Å². The molecule has 8 nitrogen and oxygen atoms in total. The van der Waals surface area contributed by atoms with Crippen LogP contribution in [-0.2, 0) is 16.1 Å². The first-order valence-corrected chi connectivity index (χ1v) is 16.1. The van der Waals surface area contributed by atoms with Gasteiger partial charge in [0.25, 0.3) is 5.56 Å². The highest BCUT2D eigenvalue weighted by Gasteiger charge is 2.35. The lowest BCUT2D eigenvalue weighted by atomic mass is 9.95. The molecule has 2 heterocycles. The molecular formula is C34H33IN2O6S. The highest BCUT2D eigenvalue weighted by molar-refractivity contribution is 14.1. The van der Waals surface area contributed by atoms with E-state index in [0.717, 1.165) is 9.13 Å². The summed E-state index contributed by atoms with van der Waals surface area (Å²) < 4.78 is 26.5. The Bertz CT molecular complexity index is 1890. The molecule has 0 spiro atoms. The van der Waals surface area contributed by atoms with Gasteiger partial charge >= 0.3 is 5.97 Å². The summed E-state index contributed by atoms with van der Waals surface area (Å²) in [5, 5.41) is 0. The first-order chi connectivity index (χ1) is 21.2. The Morgan fingerprint density at radius 1 is 1.09 bits per heavy atom. The Labute approximate surface area is 273 Å². The number of hydrogen-bond acceptors (Lipinski definition) is 8. The number of ether oxygens (including phenoxy) is 4. The lowest BCUT2D eigenvalue weighted by Gasteiger charge is -2.26. The van der Waals surface area contributed by atoms with Crippen LogP contribution in [0.1, 0.15) is 50.4 Å². The molecular weight excluding hydrogens is 691 g/mol. The van der Waals surface area contributed by atoms with Crippen LogP contribution in [0.2, 0.25) is 0 Å². The third-order valence-electron chi connectivity index (χ3n) is 6.87. The van der Waals surface area contributed by atoms with Crippen molar-refractivity contribution in [3.05, 3.63) is 118 Å². The Balaban J connectivity index is 1.70. The highest BCUT2D eigenvalue weighted by Crippen LogP contribution is 2.37. The number of rotatable bonds is 10. The largest absolute Gasteiger partial charge is 0.493 e. The molecule has 228 valence electrons. The number of methoxy groups -OCH3 is 1. The van der Waals surface area contributed by atoms with Crippen LogP contribution in [-0.4, -0.2) is 30.4 Å². The Morgan fingerprint density at radius 2 is 1.82 bits per heavy atom. The fraction of sp³-hybridized carbons (Fsp3) is 0.265. The quantitative estimate of drug-likeness (QED) is 0.152. The van der Waals surface area contributed by atoms with Crippen LogP contribution in [0.5, 0.6) is 17.2 Å². The van der Waals surface area contributed by atoms with Crippen LogP contribution >= 0.6 is 33.9 Å². The molecule has 5 rings (SSSR count). The van der Waals surface area contributed by atoms with Gasteiger partial charge in [-0.05, 0) is 80.1 Å². The molecule has 1 atom stereocenters. The van der Waals surface area contributed by atoms with E-state index in [1.807, 2.05) is 80.6 Å². The molecule has 0 aliphatic carbocycles. The molecule has 3 aromatic carbocycles. The van der Waals surface area contributed by atoms with Gasteiger partial charge in [-0.25, -0.2) is 9.79 Å². The molecule has 0 radical (unpaired) electrons. The molecule has 1 aliphatic rings. The van der Waals surface area contributed by atoms with Gasteiger partial charge in [0, 0.05) is 14.7 Å². The fourth-order valence-corrected chi connectivity index (χ4v) is 6.68. The maximum atomic E-state index is 14.3. The van der Waals surface area contributed by atoms with Crippen LogP contribution < -0.4 is 29.1 Å². The highest BCUT2D eigenvalue weighted by atomic mass is 127. The van der Waals surface area contributed by atoms with E-state index in [0.29, 0.717) is 55.6 Å². The summed E-state index contributed by atoms with van der Waals surface area (Å²) in [7, 11) is 1.59. The summed E-state index contributed by atoms with van der Waals surface area (Å²) in [4.78, 5) is 32.8. The van der Waals surface area contributed by atoms with Crippen LogP contribution in [0.25, 0.3) is 6.08 Å². The van der Waals surface area contributed by atoms with Gasteiger partial charge in [-0.15, -0.1) is 0 Å². The molecule has 0 N–H and O–H groups in total. The van der Waals surface area contributed by atoms with Gasteiger partial charge in [-0.2, -0.15) is 0 Å². The minimum atomic E-state index is -0.790. The predicted octanol–water partition coefficient (Wildman–Crippen LogP) is 5.78. The summed E-state index contributed by atoms with van der Waals surface area (Å²) in [6, 6.07) is 20.3. The van der Waals surface area contributed by atoms with Crippen molar-refractivity contribution >= 4 is 46.0 Å². The number of carbonyl (C=O) groups is 1. The zero-order valence-electron chi connectivity index (χ0n) is 25.1. The Hall–Kier alpha value is -3.90. The molecule has 0 saturated heterocycles. The zero-order chi connectivity index (χ0) is 31.4. The summed E-state index contributed by atoms with van der Waals surface area (Å²) in [6.45, 7) is 7.90. The van der Waals surface area contributed by atoms with Gasteiger partial charge in [0.05, 0.1) is 35.6 Å². The van der Waals surface area contributed by atoms with Crippen molar-refractivity contribution < 1.29 is 23.7 Å². The van der Waals surface area contributed by atoms with E-state index in [9.17, 15) is 9.59 Å². The monoisotopic (exact) mass is 724 g/mol. The van der Waals surface area contributed by atoms with E-state index in [-0.39, 0.29) is 18.3 Å². The number of nitrogens with zero attached hydrogens (tertiary/aromatic N) is 2. The van der Waals surface area contributed by atoms with Crippen molar-refractivity contribution in [2.75, 3.05) is 13.7 Å². The van der Waals surface area contributed by atoms with Gasteiger partial charge in [0.15, 0.2) is 16.3 Å². The summed E-state index contributed by atoms with van der Waals surface area (Å²) in [5.74, 6) is 1.15. The number of halogens is 1. The van der Waals surface area contributed by atoms with Crippen molar-refractivity contribution in [1.82, 2.24) is 4.57 Å². The van der Waals surface area contributed by atoms with Crippen LogP contribution in [0, 0.1) is 3.57 Å².